The second-order valence-electron chi connectivity index (χ2n) is 11.6. The fourth-order valence-corrected chi connectivity index (χ4v) is 6.94. The molecule has 0 bridgehead atoms. The van der Waals surface area contributed by atoms with E-state index >= 15 is 0 Å². The molecule has 0 radical (unpaired) electrons. The average molecular weight is 553 g/mol. The van der Waals surface area contributed by atoms with Crippen molar-refractivity contribution in [2.24, 2.45) is 0 Å². The number of nitrogens with one attached hydrogen (secondary N) is 2. The number of benzene rings is 1. The van der Waals surface area contributed by atoms with Crippen LogP contribution in [0.5, 0.6) is 0 Å². The van der Waals surface area contributed by atoms with E-state index in [9.17, 15) is 18.4 Å². The largest absolute Gasteiger partial charge is 0.342 e. The molecule has 1 unspecified atom stereocenters. The van der Waals surface area contributed by atoms with Crippen LogP contribution >= 0.6 is 0 Å². The second-order valence-corrected chi connectivity index (χ2v) is 11.6. The lowest BCUT2D eigenvalue weighted by Crippen LogP contribution is -2.36. The number of pyridine rings is 2. The minimum atomic E-state index is -0.877. The molecule has 2 aliphatic heterocycles. The Hall–Kier alpha value is -4.47. The molecule has 3 atom stereocenters. The second kappa shape index (κ2) is 8.76. The molecule has 4 aromatic rings. The molecular weight excluding hydrogens is 526 g/mol. The zero-order valence-electron chi connectivity index (χ0n) is 22.0. The monoisotopic (exact) mass is 552 g/mol. The van der Waals surface area contributed by atoms with E-state index in [0.717, 1.165) is 47.2 Å². The van der Waals surface area contributed by atoms with E-state index in [-0.39, 0.29) is 17.7 Å². The molecule has 2 aliphatic carbocycles. The number of amides is 2. The molecule has 10 heteroatoms. The zero-order valence-corrected chi connectivity index (χ0v) is 22.0. The maximum atomic E-state index is 14.9. The Morgan fingerprint density at radius 2 is 1.93 bits per heavy atom. The normalized spacial score (nSPS) is 24.1. The van der Waals surface area contributed by atoms with Crippen molar-refractivity contribution in [3.8, 4) is 0 Å². The predicted octanol–water partition coefficient (Wildman–Crippen LogP) is 4.48. The zero-order chi connectivity index (χ0) is 27.9. The van der Waals surface area contributed by atoms with Crippen LogP contribution in [-0.2, 0) is 29.6 Å². The van der Waals surface area contributed by atoms with E-state index in [0.29, 0.717) is 48.7 Å². The Morgan fingerprint density at radius 3 is 2.78 bits per heavy atom. The molecule has 8 rings (SSSR count). The molecule has 2 amide bonds. The third-order valence-corrected chi connectivity index (χ3v) is 9.15. The third kappa shape index (κ3) is 3.73. The molecule has 2 N–H and O–H groups in total. The molecule has 1 saturated carbocycles. The minimum Gasteiger partial charge on any atom is -0.342 e. The number of hydrogen-bond acceptors (Lipinski definition) is 5. The van der Waals surface area contributed by atoms with Crippen molar-refractivity contribution in [1.82, 2.24) is 24.8 Å². The molecule has 206 valence electrons. The topological polar surface area (TPSA) is 102 Å². The summed E-state index contributed by atoms with van der Waals surface area (Å²) >= 11 is 0. The van der Waals surface area contributed by atoms with Gasteiger partial charge in [0, 0.05) is 60.3 Å². The minimum absolute atomic E-state index is 0.105. The quantitative estimate of drug-likeness (QED) is 0.389. The lowest BCUT2D eigenvalue weighted by molar-refractivity contribution is -0.120. The molecule has 8 nitrogen and oxygen atoms in total. The Morgan fingerprint density at radius 1 is 1.05 bits per heavy atom. The highest BCUT2D eigenvalue weighted by Gasteiger charge is 2.51. The molecule has 1 spiro atoms. The van der Waals surface area contributed by atoms with E-state index in [1.165, 1.54) is 6.07 Å². The van der Waals surface area contributed by atoms with Crippen molar-refractivity contribution < 1.29 is 18.4 Å². The van der Waals surface area contributed by atoms with E-state index in [4.69, 9.17) is 0 Å². The first-order valence-corrected chi connectivity index (χ1v) is 14.0. The molecule has 5 heterocycles. The lowest BCUT2D eigenvalue weighted by Gasteiger charge is -2.32. The summed E-state index contributed by atoms with van der Waals surface area (Å²) in [5, 5.41) is 6.00. The Balaban J connectivity index is 1.09. The first-order valence-electron chi connectivity index (χ1n) is 14.0. The van der Waals surface area contributed by atoms with Crippen LogP contribution in [0.1, 0.15) is 81.4 Å². The first kappa shape index (κ1) is 24.3. The SMILES string of the molecule is O=C(N[C@H]1C[C@@H](c2cccc(F)c2F)Cn2c(C3CC3)cnc21)c1cnc2c(c1)CC1(C2)C(=O)Nc2ncccc21. The molecule has 1 fully saturated rings. The average Bonchev–Trinajstić information content (AvgIpc) is 3.50. The number of halogens is 2. The Kier molecular flexibility index (Phi) is 5.20. The fraction of sp³-hybridized carbons (Fsp3) is 0.323. The summed E-state index contributed by atoms with van der Waals surface area (Å²) < 4.78 is 31.1. The number of carbonyl (C=O) groups excluding carboxylic acids is 2. The van der Waals surface area contributed by atoms with Crippen LogP contribution in [0.4, 0.5) is 14.6 Å². The van der Waals surface area contributed by atoms with Crippen LogP contribution < -0.4 is 10.6 Å². The van der Waals surface area contributed by atoms with Crippen molar-refractivity contribution >= 4 is 17.6 Å². The van der Waals surface area contributed by atoms with Crippen LogP contribution in [-0.4, -0.2) is 31.3 Å². The molecule has 4 aliphatic rings. The van der Waals surface area contributed by atoms with Gasteiger partial charge in [0.15, 0.2) is 11.6 Å². The molecule has 3 aromatic heterocycles. The van der Waals surface area contributed by atoms with Gasteiger partial charge in [-0.3, -0.25) is 14.6 Å². The van der Waals surface area contributed by atoms with E-state index in [1.807, 2.05) is 24.4 Å². The first-order chi connectivity index (χ1) is 19.9. The highest BCUT2D eigenvalue weighted by molar-refractivity contribution is 6.06. The van der Waals surface area contributed by atoms with Crippen LogP contribution in [0, 0.1) is 11.6 Å². The van der Waals surface area contributed by atoms with E-state index in [1.54, 1.807) is 18.5 Å². The maximum absolute atomic E-state index is 14.9. The predicted molar refractivity (Wildman–Crippen MR) is 144 cm³/mol. The van der Waals surface area contributed by atoms with E-state index in [2.05, 4.69) is 30.2 Å². The smallest absolute Gasteiger partial charge is 0.253 e. The van der Waals surface area contributed by atoms with E-state index < -0.39 is 23.1 Å². The number of carbonyl (C=O) groups is 2. The highest BCUT2D eigenvalue weighted by atomic mass is 19.2. The summed E-state index contributed by atoms with van der Waals surface area (Å²) in [6.07, 6.45) is 8.45. The molecule has 41 heavy (non-hydrogen) atoms. The highest BCUT2D eigenvalue weighted by Crippen LogP contribution is 2.47. The Labute approximate surface area is 234 Å². The van der Waals surface area contributed by atoms with Gasteiger partial charge < -0.3 is 15.2 Å². The molecule has 0 saturated heterocycles. The van der Waals surface area contributed by atoms with Crippen molar-refractivity contribution in [2.75, 3.05) is 5.32 Å². The number of hydrogen-bond donors (Lipinski definition) is 2. The number of aromatic nitrogens is 4. The van der Waals surface area contributed by atoms with Crippen LogP contribution in [0.15, 0.2) is 55.0 Å². The van der Waals surface area contributed by atoms with Gasteiger partial charge in [-0.1, -0.05) is 18.2 Å². The summed E-state index contributed by atoms with van der Waals surface area (Å²) in [5.41, 5.74) is 3.48. The molecular formula is C31H26F2N6O2. The summed E-state index contributed by atoms with van der Waals surface area (Å²) in [6, 6.07) is 9.31. The van der Waals surface area contributed by atoms with Gasteiger partial charge in [0.2, 0.25) is 5.91 Å². The summed E-state index contributed by atoms with van der Waals surface area (Å²) in [7, 11) is 0. The van der Waals surface area contributed by atoms with Gasteiger partial charge in [-0.2, -0.15) is 0 Å². The summed E-state index contributed by atoms with van der Waals surface area (Å²) in [4.78, 5) is 40.2. The van der Waals surface area contributed by atoms with Gasteiger partial charge in [0.05, 0.1) is 17.0 Å². The van der Waals surface area contributed by atoms with Crippen LogP contribution in [0.25, 0.3) is 0 Å². The molecule has 1 aromatic carbocycles. The van der Waals surface area contributed by atoms with Crippen molar-refractivity contribution in [3.05, 3.63) is 106 Å². The number of imidazole rings is 1. The van der Waals surface area contributed by atoms with Crippen molar-refractivity contribution in [3.63, 3.8) is 0 Å². The Bertz CT molecular complexity index is 1770. The third-order valence-electron chi connectivity index (χ3n) is 9.15. The lowest BCUT2D eigenvalue weighted by atomic mass is 9.80. The van der Waals surface area contributed by atoms with Gasteiger partial charge >= 0.3 is 0 Å². The summed E-state index contributed by atoms with van der Waals surface area (Å²) in [5.74, 6) is -0.771. The van der Waals surface area contributed by atoms with Gasteiger partial charge in [-0.15, -0.1) is 0 Å². The van der Waals surface area contributed by atoms with Gasteiger partial charge in [-0.05, 0) is 55.0 Å². The number of rotatable bonds is 4. The van der Waals surface area contributed by atoms with Crippen molar-refractivity contribution in [2.45, 2.75) is 61.9 Å². The number of fused-ring (bicyclic) bond motifs is 4. The summed E-state index contributed by atoms with van der Waals surface area (Å²) in [6.45, 7) is 0.481. The fourth-order valence-electron chi connectivity index (χ4n) is 6.94. The number of nitrogens with zero attached hydrogens (tertiary/aromatic N) is 4. The number of anilines is 1. The maximum Gasteiger partial charge on any atom is 0.253 e. The van der Waals surface area contributed by atoms with Gasteiger partial charge in [0.25, 0.3) is 5.91 Å². The van der Waals surface area contributed by atoms with Crippen LogP contribution in [0.2, 0.25) is 0 Å². The van der Waals surface area contributed by atoms with Crippen molar-refractivity contribution in [1.29, 1.82) is 0 Å². The van der Waals surface area contributed by atoms with Gasteiger partial charge in [0.1, 0.15) is 11.6 Å². The standard InChI is InChI=1S/C31H26F2N6O2/c32-22-5-1-3-20(26(22)33)19-10-23(28-36-14-25(16-6-7-16)39(28)15-19)37-29(40)18-9-17-11-31(12-24(17)35-13-18)21-4-2-8-34-27(21)38-30(31)41/h1-5,8-9,13-14,16,19,23H,6-7,10-12,15H2,(H,37,40)(H,34,38,41)/t19-,23+,31?/m1/s1. The van der Waals surface area contributed by atoms with Gasteiger partial charge in [-0.25, -0.2) is 18.7 Å². The van der Waals surface area contributed by atoms with Crippen LogP contribution in [0.3, 0.4) is 0 Å².